The van der Waals surface area contributed by atoms with Gasteiger partial charge < -0.3 is 39.6 Å². The lowest BCUT2D eigenvalue weighted by molar-refractivity contribution is -0.157. The van der Waals surface area contributed by atoms with Crippen LogP contribution in [0.3, 0.4) is 0 Å². The molecule has 0 aromatic heterocycles. The lowest BCUT2D eigenvalue weighted by Crippen LogP contribution is -2.41. The maximum absolute atomic E-state index is 11.7. The van der Waals surface area contributed by atoms with E-state index in [-0.39, 0.29) is 195 Å². The second kappa shape index (κ2) is 67.7. The number of carbonyl (C=O) groups is 8. The number of fused-ring (bicyclic) bond motifs is 3. The second-order valence-corrected chi connectivity index (χ2v) is 17.5. The van der Waals surface area contributed by atoms with Crippen LogP contribution in [-0.4, -0.2) is 136 Å². The van der Waals surface area contributed by atoms with Gasteiger partial charge in [-0.3, -0.25) is 38.4 Å². The number of likely N-dealkylation sites (N-methyl/N-ethyl adjacent to an activating group) is 1. The van der Waals surface area contributed by atoms with Crippen LogP contribution >= 0.6 is 23.5 Å². The molecule has 4 atom stereocenters. The van der Waals surface area contributed by atoms with Gasteiger partial charge in [0, 0.05) is 73.4 Å². The SMILES string of the molecule is C.C.C.C.C.C.C.C.C.C.C.C.C.CCC(=O)N[C@@H](CSC[C@H](COC(=O)CC)OC(=O)CC)C(C)=O.CCC(=O)OCC1c2ccccc2-c2ccccc21.CCC(=O)OC[C@@H](CSC[C@H](C)C(=O)CNC)OC(=O)CC.CNC. The Kier molecular flexibility index (Phi) is 93.1. The van der Waals surface area contributed by atoms with Crippen LogP contribution in [-0.2, 0) is 62.0 Å². The van der Waals surface area contributed by atoms with Crippen molar-refractivity contribution in [2.24, 2.45) is 5.92 Å². The van der Waals surface area contributed by atoms with Gasteiger partial charge in [0.05, 0.1) is 12.6 Å². The molecule has 18 heteroatoms. The molecule has 0 spiro atoms. The molecule has 0 saturated carbocycles. The number of benzene rings is 2. The molecule has 16 nitrogen and oxygen atoms in total. The third-order valence-electron chi connectivity index (χ3n) is 9.58. The van der Waals surface area contributed by atoms with Crippen molar-refractivity contribution in [2.45, 2.75) is 215 Å². The molecule has 0 saturated heterocycles. The first-order valence-electron chi connectivity index (χ1n) is 23.2. The number of nitrogens with one attached hydrogen (secondary N) is 3. The van der Waals surface area contributed by atoms with Gasteiger partial charge >= 0.3 is 29.8 Å². The summed E-state index contributed by atoms with van der Waals surface area (Å²) in [6.45, 7) is 14.4. The minimum atomic E-state index is -0.580. The Labute approximate surface area is 508 Å². The zero-order chi connectivity index (χ0) is 51.4. The first-order valence-corrected chi connectivity index (χ1v) is 25.6. The highest BCUT2D eigenvalue weighted by Crippen LogP contribution is 2.44. The monoisotopic (exact) mass is 1200 g/mol. The highest BCUT2D eigenvalue weighted by molar-refractivity contribution is 7.99. The molecule has 0 heterocycles. The first kappa shape index (κ1) is 111. The minimum Gasteiger partial charge on any atom is -0.465 e. The number of Topliss-reactive ketones (excluding diaryl/α,β-unsaturated/α-hetero) is 2. The van der Waals surface area contributed by atoms with E-state index in [1.165, 1.54) is 52.7 Å². The van der Waals surface area contributed by atoms with E-state index in [0.717, 1.165) is 0 Å². The Hall–Kier alpha value is -4.78. The Bertz CT molecular complexity index is 1810. The van der Waals surface area contributed by atoms with Gasteiger partial charge in [0.25, 0.3) is 0 Å². The molecule has 0 fully saturated rings. The van der Waals surface area contributed by atoms with Crippen LogP contribution in [0.2, 0.25) is 0 Å². The fourth-order valence-electron chi connectivity index (χ4n) is 5.76. The van der Waals surface area contributed by atoms with Gasteiger partial charge in [-0.05, 0) is 50.3 Å². The average Bonchev–Trinajstić information content (AvgIpc) is 3.66. The van der Waals surface area contributed by atoms with Gasteiger partial charge in [-0.25, -0.2) is 0 Å². The van der Waals surface area contributed by atoms with Crippen molar-refractivity contribution in [3.8, 4) is 11.1 Å². The normalized spacial score (nSPS) is 10.7. The summed E-state index contributed by atoms with van der Waals surface area (Å²) in [6.07, 6.45) is 0.723. The highest BCUT2D eigenvalue weighted by atomic mass is 32.2. The maximum atomic E-state index is 11.7. The summed E-state index contributed by atoms with van der Waals surface area (Å²) in [6, 6.07) is 16.1. The molecule has 0 bridgehead atoms. The molecule has 2 aromatic carbocycles. The maximum Gasteiger partial charge on any atom is 0.305 e. The van der Waals surface area contributed by atoms with Crippen molar-refractivity contribution in [3.05, 3.63) is 59.7 Å². The molecule has 2 aromatic rings. The van der Waals surface area contributed by atoms with Crippen molar-refractivity contribution in [1.29, 1.82) is 0 Å². The minimum absolute atomic E-state index is 0. The van der Waals surface area contributed by atoms with Crippen molar-refractivity contribution in [2.75, 3.05) is 70.5 Å². The number of rotatable bonds is 27. The topological polar surface area (TPSA) is 219 Å². The summed E-state index contributed by atoms with van der Waals surface area (Å²) < 4.78 is 25.9. The largest absolute Gasteiger partial charge is 0.465 e. The number of ketones is 2. The number of ether oxygens (including phenoxy) is 5. The zero-order valence-electron chi connectivity index (χ0n) is 42.0. The quantitative estimate of drug-likeness (QED) is 0.0559. The molecule has 3 N–H and O–H groups in total. The first-order chi connectivity index (χ1) is 32.5. The molecule has 0 radical (unpaired) electrons. The third-order valence-corrected chi connectivity index (χ3v) is 12.1. The van der Waals surface area contributed by atoms with Crippen LogP contribution in [0.15, 0.2) is 48.5 Å². The number of thioether (sulfide) groups is 2. The molecule has 1 aliphatic rings. The van der Waals surface area contributed by atoms with Crippen LogP contribution < -0.4 is 16.0 Å². The van der Waals surface area contributed by atoms with E-state index in [0.29, 0.717) is 49.0 Å². The van der Waals surface area contributed by atoms with E-state index in [4.69, 9.17) is 23.7 Å². The van der Waals surface area contributed by atoms with Crippen molar-refractivity contribution in [1.82, 2.24) is 16.0 Å². The summed E-state index contributed by atoms with van der Waals surface area (Å²) in [5.74, 6) is 0.269. The second-order valence-electron chi connectivity index (χ2n) is 15.3. The predicted octanol–water partition coefficient (Wildman–Crippen LogP) is 14.8. The van der Waals surface area contributed by atoms with Crippen molar-refractivity contribution >= 4 is 70.8 Å². The Morgan fingerprint density at radius 2 is 0.840 bits per heavy atom. The lowest BCUT2D eigenvalue weighted by Gasteiger charge is -2.19. The number of hydrogen-bond donors (Lipinski definition) is 3. The van der Waals surface area contributed by atoms with Crippen LogP contribution in [0.5, 0.6) is 0 Å². The fraction of sp³-hybridized carbons (Fsp3) is 0.683. The Balaban J connectivity index is -0.0000000627. The van der Waals surface area contributed by atoms with Gasteiger partial charge in [-0.2, -0.15) is 23.5 Å². The average molecular weight is 1200 g/mol. The third kappa shape index (κ3) is 48.5. The number of hydrogen-bond acceptors (Lipinski definition) is 17. The van der Waals surface area contributed by atoms with E-state index < -0.39 is 18.2 Å². The molecular weight excluding hydrogens is 1070 g/mol. The number of esters is 5. The van der Waals surface area contributed by atoms with E-state index in [9.17, 15) is 38.4 Å². The summed E-state index contributed by atoms with van der Waals surface area (Å²) in [5.41, 5.74) is 5.03. The number of amides is 1. The van der Waals surface area contributed by atoms with Crippen LogP contribution in [0.1, 0.15) is 208 Å². The van der Waals surface area contributed by atoms with Gasteiger partial charge in [-0.15, -0.1) is 0 Å². The van der Waals surface area contributed by atoms with E-state index in [1.54, 1.807) is 41.7 Å². The molecule has 1 aliphatic carbocycles. The zero-order valence-corrected chi connectivity index (χ0v) is 43.7. The van der Waals surface area contributed by atoms with Crippen molar-refractivity contribution in [3.63, 3.8) is 0 Å². The van der Waals surface area contributed by atoms with Crippen molar-refractivity contribution < 1.29 is 62.0 Å². The fourth-order valence-corrected chi connectivity index (χ4v) is 7.98. The van der Waals surface area contributed by atoms with Crippen LogP contribution in [0, 0.1) is 5.92 Å². The molecule has 81 heavy (non-hydrogen) atoms. The molecule has 3 rings (SSSR count). The molecule has 1 amide bonds. The lowest BCUT2D eigenvalue weighted by atomic mass is 9.98. The molecule has 0 unspecified atom stereocenters. The molecule has 486 valence electrons. The smallest absolute Gasteiger partial charge is 0.305 e. The Morgan fingerprint density at radius 1 is 0.494 bits per heavy atom. The van der Waals surface area contributed by atoms with E-state index in [1.807, 2.05) is 40.1 Å². The van der Waals surface area contributed by atoms with Gasteiger partial charge in [0.1, 0.15) is 37.8 Å². The molecular formula is C63H129N3O13S2. The number of carbonyl (C=O) groups excluding carboxylic acids is 8. The Morgan fingerprint density at radius 3 is 1.17 bits per heavy atom. The van der Waals surface area contributed by atoms with Crippen LogP contribution in [0.25, 0.3) is 11.1 Å². The summed E-state index contributed by atoms with van der Waals surface area (Å²) in [4.78, 5) is 91.3. The predicted molar refractivity (Wildman–Crippen MR) is 356 cm³/mol. The standard InChI is InChI=1S/C17H16O2.C16H27NO6S.C15H27NO5S.C2H7N.13CH4/c1-2-17(18)19-11-16-14-9-5-3-7-12(14)13-8-4-6-10-15(13)16;1-5-14(19)17-13(11(4)18)10-24-9-12(23-16(21)7-3)8-22-15(20)6-2;1-5-14(18)20-8-12(21-15(19)6-2)10-22-9-11(3)13(17)7-16-4;1-3-2;;;;;;;;;;;;;/h3-10,16H,2,11H2,1H3;12-13H,5-10H2,1-4H3,(H,17,19);11-12,16H,5-10H2,1-4H3;3H,1-2H3;13*1H4/t;12-,13-;11-,12-;;;;;;;;;;;;;;/m.00............../s1. The van der Waals surface area contributed by atoms with Gasteiger partial charge in [0.15, 0.2) is 5.78 Å². The van der Waals surface area contributed by atoms with E-state index in [2.05, 4.69) is 52.3 Å². The summed E-state index contributed by atoms with van der Waals surface area (Å²) in [5, 5.41) is 8.23. The van der Waals surface area contributed by atoms with Gasteiger partial charge in [-0.1, -0.05) is 194 Å². The summed E-state index contributed by atoms with van der Waals surface area (Å²) in [7, 11) is 5.49. The van der Waals surface area contributed by atoms with Gasteiger partial charge in [0.2, 0.25) is 5.91 Å². The van der Waals surface area contributed by atoms with Crippen LogP contribution in [0.4, 0.5) is 0 Å². The molecule has 0 aliphatic heterocycles. The van der Waals surface area contributed by atoms with E-state index >= 15 is 0 Å². The highest BCUT2D eigenvalue weighted by Gasteiger charge is 2.29. The summed E-state index contributed by atoms with van der Waals surface area (Å²) >= 11 is 2.88.